The summed E-state index contributed by atoms with van der Waals surface area (Å²) in [6, 6.07) is 13.3. The quantitative estimate of drug-likeness (QED) is 0.591. The van der Waals surface area contributed by atoms with E-state index in [-0.39, 0.29) is 19.6 Å². The Bertz CT molecular complexity index is 1030. The van der Waals surface area contributed by atoms with E-state index in [2.05, 4.69) is 5.32 Å². The normalized spacial score (nSPS) is 12.5. The molecule has 0 aliphatic rings. The lowest BCUT2D eigenvalue weighted by Crippen LogP contribution is -2.50. The number of halogens is 2. The summed E-state index contributed by atoms with van der Waals surface area (Å²) < 4.78 is 24.4. The van der Waals surface area contributed by atoms with Gasteiger partial charge in [-0.1, -0.05) is 59.6 Å². The zero-order chi connectivity index (χ0) is 23.2. The summed E-state index contributed by atoms with van der Waals surface area (Å²) in [5.74, 6) is -0.874. The largest absolute Gasteiger partial charge is 0.350 e. The number of likely N-dealkylation sites (N-methyl/N-ethyl adjacent to an activating group) is 1. The molecule has 0 heterocycles. The molecule has 0 fully saturated rings. The second-order valence-corrected chi connectivity index (χ2v) is 10.1. The lowest BCUT2D eigenvalue weighted by molar-refractivity contribution is -0.140. The maximum Gasteiger partial charge on any atom is 0.242 e. The number of benzene rings is 2. The first-order valence-corrected chi connectivity index (χ1v) is 12.1. The highest BCUT2D eigenvalue weighted by Crippen LogP contribution is 2.21. The van der Waals surface area contributed by atoms with Gasteiger partial charge in [0.25, 0.3) is 0 Å². The Morgan fingerprint density at radius 2 is 1.74 bits per heavy atom. The van der Waals surface area contributed by atoms with Crippen molar-refractivity contribution in [1.82, 2.24) is 14.5 Å². The average Bonchev–Trinajstić information content (AvgIpc) is 2.70. The fourth-order valence-corrected chi connectivity index (χ4v) is 3.58. The minimum Gasteiger partial charge on any atom is -0.350 e. The molecule has 0 bridgehead atoms. The SMILES string of the molecule is C[C@@H](C(=O)NCc1ccc(Cl)cc1Cl)N(Cc1ccccc1)C(=O)CN(C)S(C)(=O)=O. The fourth-order valence-electron chi connectivity index (χ4n) is 2.76. The third-order valence-electron chi connectivity index (χ3n) is 4.76. The van der Waals surface area contributed by atoms with Crippen molar-refractivity contribution in [1.29, 1.82) is 0 Å². The van der Waals surface area contributed by atoms with E-state index in [1.165, 1.54) is 11.9 Å². The van der Waals surface area contributed by atoms with Gasteiger partial charge in [-0.15, -0.1) is 0 Å². The molecule has 0 aromatic heterocycles. The van der Waals surface area contributed by atoms with E-state index in [0.717, 1.165) is 16.1 Å². The second kappa shape index (κ2) is 10.9. The summed E-state index contributed by atoms with van der Waals surface area (Å²) in [5, 5.41) is 3.68. The van der Waals surface area contributed by atoms with Gasteiger partial charge in [-0.05, 0) is 30.2 Å². The van der Waals surface area contributed by atoms with E-state index in [1.54, 1.807) is 25.1 Å². The van der Waals surface area contributed by atoms with Crippen LogP contribution >= 0.6 is 23.2 Å². The number of nitrogens with zero attached hydrogens (tertiary/aromatic N) is 2. The molecule has 0 aliphatic heterocycles. The van der Waals surface area contributed by atoms with Crippen LogP contribution in [0.5, 0.6) is 0 Å². The Labute approximate surface area is 193 Å². The number of sulfonamides is 1. The molecule has 0 radical (unpaired) electrons. The zero-order valence-corrected chi connectivity index (χ0v) is 19.8. The van der Waals surface area contributed by atoms with E-state index < -0.39 is 27.9 Å². The molecule has 0 spiro atoms. The van der Waals surface area contributed by atoms with Crippen LogP contribution in [-0.4, -0.2) is 55.3 Å². The van der Waals surface area contributed by atoms with Crippen LogP contribution in [0.3, 0.4) is 0 Å². The Hall–Kier alpha value is -2.13. The van der Waals surface area contributed by atoms with Crippen LogP contribution < -0.4 is 5.32 Å². The van der Waals surface area contributed by atoms with Crippen LogP contribution in [-0.2, 0) is 32.7 Å². The number of amides is 2. The molecule has 2 amide bonds. The van der Waals surface area contributed by atoms with Gasteiger partial charge in [-0.25, -0.2) is 8.42 Å². The lowest BCUT2D eigenvalue weighted by atomic mass is 10.1. The van der Waals surface area contributed by atoms with Gasteiger partial charge in [0.2, 0.25) is 21.8 Å². The highest BCUT2D eigenvalue weighted by atomic mass is 35.5. The fraction of sp³-hybridized carbons (Fsp3) is 0.333. The zero-order valence-electron chi connectivity index (χ0n) is 17.5. The van der Waals surface area contributed by atoms with Gasteiger partial charge in [0.15, 0.2) is 0 Å². The van der Waals surface area contributed by atoms with Crippen LogP contribution in [0.25, 0.3) is 0 Å². The van der Waals surface area contributed by atoms with E-state index in [9.17, 15) is 18.0 Å². The molecule has 1 N–H and O–H groups in total. The van der Waals surface area contributed by atoms with Crippen molar-refractivity contribution in [2.45, 2.75) is 26.1 Å². The number of rotatable bonds is 9. The van der Waals surface area contributed by atoms with Crippen LogP contribution in [0.15, 0.2) is 48.5 Å². The molecule has 0 saturated heterocycles. The Kier molecular flexibility index (Phi) is 8.88. The minimum absolute atomic E-state index is 0.160. The molecule has 0 unspecified atom stereocenters. The van der Waals surface area contributed by atoms with Gasteiger partial charge in [-0.2, -0.15) is 4.31 Å². The minimum atomic E-state index is -3.54. The van der Waals surface area contributed by atoms with Crippen LogP contribution in [0.1, 0.15) is 18.1 Å². The number of hydrogen-bond donors (Lipinski definition) is 1. The highest BCUT2D eigenvalue weighted by molar-refractivity contribution is 7.88. The second-order valence-electron chi connectivity index (χ2n) is 7.16. The van der Waals surface area contributed by atoms with E-state index in [4.69, 9.17) is 23.2 Å². The Morgan fingerprint density at radius 3 is 2.32 bits per heavy atom. The monoisotopic (exact) mass is 485 g/mol. The summed E-state index contributed by atoms with van der Waals surface area (Å²) in [7, 11) is -2.22. The molecular weight excluding hydrogens is 461 g/mol. The summed E-state index contributed by atoms with van der Waals surface area (Å²) in [5.41, 5.74) is 1.50. The molecule has 2 rings (SSSR count). The van der Waals surface area contributed by atoms with Crippen molar-refractivity contribution in [3.63, 3.8) is 0 Å². The molecule has 168 valence electrons. The Balaban J connectivity index is 2.16. The molecule has 1 atom stereocenters. The maximum atomic E-state index is 12.9. The summed E-state index contributed by atoms with van der Waals surface area (Å²) in [4.78, 5) is 27.1. The first-order chi connectivity index (χ1) is 14.5. The van der Waals surface area contributed by atoms with Gasteiger partial charge < -0.3 is 10.2 Å². The molecule has 31 heavy (non-hydrogen) atoms. The van der Waals surface area contributed by atoms with Crippen LogP contribution in [0, 0.1) is 0 Å². The van der Waals surface area contributed by atoms with E-state index in [1.807, 2.05) is 30.3 Å². The molecule has 7 nitrogen and oxygen atoms in total. The molecular formula is C21H25Cl2N3O4S. The molecule has 0 aliphatic carbocycles. The summed E-state index contributed by atoms with van der Waals surface area (Å²) in [6.45, 7) is 1.55. The maximum absolute atomic E-state index is 12.9. The van der Waals surface area contributed by atoms with Gasteiger partial charge in [0.05, 0.1) is 12.8 Å². The van der Waals surface area contributed by atoms with Gasteiger partial charge in [0.1, 0.15) is 6.04 Å². The van der Waals surface area contributed by atoms with Gasteiger partial charge in [-0.3, -0.25) is 9.59 Å². The van der Waals surface area contributed by atoms with E-state index >= 15 is 0 Å². The molecule has 2 aromatic rings. The summed E-state index contributed by atoms with van der Waals surface area (Å²) >= 11 is 12.0. The van der Waals surface area contributed by atoms with Crippen molar-refractivity contribution >= 4 is 45.0 Å². The first-order valence-electron chi connectivity index (χ1n) is 9.45. The van der Waals surface area contributed by atoms with Gasteiger partial charge >= 0.3 is 0 Å². The number of nitrogens with one attached hydrogen (secondary N) is 1. The lowest BCUT2D eigenvalue weighted by Gasteiger charge is -2.30. The molecule has 2 aromatic carbocycles. The van der Waals surface area contributed by atoms with Crippen molar-refractivity contribution in [3.8, 4) is 0 Å². The van der Waals surface area contributed by atoms with Gasteiger partial charge in [0, 0.05) is 30.2 Å². The standard InChI is InChI=1S/C21H25Cl2N3O4S/c1-15(21(28)24-12-17-9-10-18(22)11-19(17)23)26(13-16-7-5-4-6-8-16)20(27)14-25(2)31(3,29)30/h4-11,15H,12-14H2,1-3H3,(H,24,28)/t15-/m0/s1. The number of carbonyl (C=O) groups is 2. The van der Waals surface area contributed by atoms with Crippen LogP contribution in [0.4, 0.5) is 0 Å². The van der Waals surface area contributed by atoms with E-state index in [0.29, 0.717) is 15.6 Å². The third-order valence-corrected chi connectivity index (χ3v) is 6.60. The molecule has 10 heteroatoms. The number of carbonyl (C=O) groups excluding carboxylic acids is 2. The van der Waals surface area contributed by atoms with Crippen molar-refractivity contribution in [2.24, 2.45) is 0 Å². The predicted molar refractivity (Wildman–Crippen MR) is 122 cm³/mol. The predicted octanol–water partition coefficient (Wildman–Crippen LogP) is 2.92. The summed E-state index contributed by atoms with van der Waals surface area (Å²) in [6.07, 6.45) is 1.02. The number of hydrogen-bond acceptors (Lipinski definition) is 4. The van der Waals surface area contributed by atoms with Crippen molar-refractivity contribution < 1.29 is 18.0 Å². The highest BCUT2D eigenvalue weighted by Gasteiger charge is 2.28. The van der Waals surface area contributed by atoms with Crippen LogP contribution in [0.2, 0.25) is 10.0 Å². The smallest absolute Gasteiger partial charge is 0.242 e. The Morgan fingerprint density at radius 1 is 1.10 bits per heavy atom. The van der Waals surface area contributed by atoms with Crippen molar-refractivity contribution in [2.75, 3.05) is 19.8 Å². The average molecular weight is 486 g/mol. The third kappa shape index (κ3) is 7.50. The first kappa shape index (κ1) is 25.1. The topological polar surface area (TPSA) is 86.8 Å². The van der Waals surface area contributed by atoms with Crippen molar-refractivity contribution in [3.05, 3.63) is 69.7 Å². The molecule has 0 saturated carbocycles.